The fraction of sp³-hybridized carbons (Fsp3) is 0.583. The summed E-state index contributed by atoms with van der Waals surface area (Å²) in [6.07, 6.45) is 3.89. The van der Waals surface area contributed by atoms with Gasteiger partial charge in [-0.15, -0.1) is 0 Å². The van der Waals surface area contributed by atoms with E-state index in [0.29, 0.717) is 6.42 Å². The van der Waals surface area contributed by atoms with Crippen LogP contribution in [0, 0.1) is 5.92 Å². The number of aromatic nitrogens is 2. The summed E-state index contributed by atoms with van der Waals surface area (Å²) in [4.78, 5) is 23.0. The molecule has 0 aliphatic rings. The molecule has 1 heterocycles. The van der Waals surface area contributed by atoms with Gasteiger partial charge in [0.25, 0.3) is 0 Å². The van der Waals surface area contributed by atoms with Crippen LogP contribution in [0.5, 0.6) is 0 Å². The zero-order valence-electron chi connectivity index (χ0n) is 11.4. The number of nitrogens with one attached hydrogen (secondary N) is 3. The standard InChI is InChI=1S/C12H21N5O2/c1-7(2)4-10(17-12(13)19)11(18)16-8(3)9-5-14-15-6-9/h5-8,10H,4H2,1-3H3,(H,14,15)(H,16,18)(H3,13,17,19). The van der Waals surface area contributed by atoms with Crippen LogP contribution >= 0.6 is 0 Å². The van der Waals surface area contributed by atoms with Gasteiger partial charge >= 0.3 is 6.03 Å². The Morgan fingerprint density at radius 1 is 1.37 bits per heavy atom. The fourth-order valence-corrected chi connectivity index (χ4v) is 1.77. The first-order valence-corrected chi connectivity index (χ1v) is 6.25. The third kappa shape index (κ3) is 4.99. The van der Waals surface area contributed by atoms with Gasteiger partial charge in [0.05, 0.1) is 12.2 Å². The molecular formula is C12H21N5O2. The average molecular weight is 267 g/mol. The highest BCUT2D eigenvalue weighted by molar-refractivity contribution is 5.86. The molecule has 0 spiro atoms. The molecule has 1 aromatic rings. The largest absolute Gasteiger partial charge is 0.352 e. The molecular weight excluding hydrogens is 246 g/mol. The van der Waals surface area contributed by atoms with E-state index in [1.807, 2.05) is 20.8 Å². The number of hydrogen-bond donors (Lipinski definition) is 4. The molecule has 106 valence electrons. The Labute approximate surface area is 112 Å². The minimum atomic E-state index is -0.697. The van der Waals surface area contributed by atoms with Crippen LogP contribution in [-0.2, 0) is 4.79 Å². The average Bonchev–Trinajstić information content (AvgIpc) is 2.79. The number of amides is 3. The van der Waals surface area contributed by atoms with E-state index in [0.717, 1.165) is 5.56 Å². The first-order valence-electron chi connectivity index (χ1n) is 6.25. The van der Waals surface area contributed by atoms with E-state index in [1.54, 1.807) is 12.4 Å². The second-order valence-electron chi connectivity index (χ2n) is 4.95. The Bertz CT molecular complexity index is 416. The number of H-pyrrole nitrogens is 1. The van der Waals surface area contributed by atoms with Gasteiger partial charge in [-0.3, -0.25) is 9.89 Å². The molecule has 2 atom stereocenters. The van der Waals surface area contributed by atoms with Crippen LogP contribution in [0.4, 0.5) is 4.79 Å². The summed E-state index contributed by atoms with van der Waals surface area (Å²) in [7, 11) is 0. The van der Waals surface area contributed by atoms with Crippen molar-refractivity contribution >= 4 is 11.9 Å². The molecule has 1 aromatic heterocycles. The zero-order valence-corrected chi connectivity index (χ0v) is 11.4. The topological polar surface area (TPSA) is 113 Å². The maximum Gasteiger partial charge on any atom is 0.312 e. The number of rotatable bonds is 6. The summed E-state index contributed by atoms with van der Waals surface area (Å²) in [5.74, 6) is 0.0213. The predicted octanol–water partition coefficient (Wildman–Crippen LogP) is 0.670. The zero-order chi connectivity index (χ0) is 14.4. The number of urea groups is 1. The Morgan fingerprint density at radius 3 is 2.53 bits per heavy atom. The van der Waals surface area contributed by atoms with Crippen LogP contribution in [0.25, 0.3) is 0 Å². The van der Waals surface area contributed by atoms with Crippen molar-refractivity contribution in [2.45, 2.75) is 39.3 Å². The normalized spacial score (nSPS) is 13.9. The number of carbonyl (C=O) groups excluding carboxylic acids is 2. The molecule has 2 unspecified atom stereocenters. The summed E-state index contributed by atoms with van der Waals surface area (Å²) >= 11 is 0. The predicted molar refractivity (Wildman–Crippen MR) is 71.1 cm³/mol. The van der Waals surface area contributed by atoms with Crippen molar-refractivity contribution < 1.29 is 9.59 Å². The van der Waals surface area contributed by atoms with Gasteiger partial charge in [-0.2, -0.15) is 5.10 Å². The van der Waals surface area contributed by atoms with E-state index < -0.39 is 12.1 Å². The summed E-state index contributed by atoms with van der Waals surface area (Å²) < 4.78 is 0. The lowest BCUT2D eigenvalue weighted by atomic mass is 10.0. The molecule has 0 saturated heterocycles. The highest BCUT2D eigenvalue weighted by Gasteiger charge is 2.22. The van der Waals surface area contributed by atoms with Gasteiger partial charge in [0.2, 0.25) is 5.91 Å². The second kappa shape index (κ2) is 6.77. The molecule has 0 aliphatic heterocycles. The number of nitrogens with zero attached hydrogens (tertiary/aromatic N) is 1. The van der Waals surface area contributed by atoms with Gasteiger partial charge < -0.3 is 16.4 Å². The highest BCUT2D eigenvalue weighted by atomic mass is 16.2. The summed E-state index contributed by atoms with van der Waals surface area (Å²) in [6.45, 7) is 5.80. The van der Waals surface area contributed by atoms with E-state index in [2.05, 4.69) is 20.8 Å². The van der Waals surface area contributed by atoms with Crippen molar-refractivity contribution in [3.05, 3.63) is 18.0 Å². The molecule has 7 heteroatoms. The molecule has 3 amide bonds. The molecule has 0 fully saturated rings. The minimum absolute atomic E-state index is 0.185. The summed E-state index contributed by atoms with van der Waals surface area (Å²) in [6, 6.07) is -1.50. The lowest BCUT2D eigenvalue weighted by Gasteiger charge is -2.21. The van der Waals surface area contributed by atoms with Gasteiger partial charge in [0.1, 0.15) is 6.04 Å². The Kier molecular flexibility index (Phi) is 5.35. The van der Waals surface area contributed by atoms with Crippen molar-refractivity contribution in [2.24, 2.45) is 11.7 Å². The Balaban J connectivity index is 2.63. The number of nitrogens with two attached hydrogens (primary N) is 1. The van der Waals surface area contributed by atoms with Crippen LogP contribution < -0.4 is 16.4 Å². The fourth-order valence-electron chi connectivity index (χ4n) is 1.77. The molecule has 0 bridgehead atoms. The van der Waals surface area contributed by atoms with E-state index in [-0.39, 0.29) is 17.9 Å². The van der Waals surface area contributed by atoms with E-state index in [1.165, 1.54) is 0 Å². The first-order chi connectivity index (χ1) is 8.90. The van der Waals surface area contributed by atoms with E-state index in [9.17, 15) is 9.59 Å². The van der Waals surface area contributed by atoms with E-state index >= 15 is 0 Å². The SMILES string of the molecule is CC(C)CC(NC(N)=O)C(=O)NC(C)c1cn[nH]c1. The maximum atomic E-state index is 12.1. The van der Waals surface area contributed by atoms with Gasteiger partial charge in [0.15, 0.2) is 0 Å². The Hall–Kier alpha value is -2.05. The molecule has 7 nitrogen and oxygen atoms in total. The van der Waals surface area contributed by atoms with E-state index in [4.69, 9.17) is 5.73 Å². The molecule has 1 rings (SSSR count). The first kappa shape index (κ1) is 15.0. The van der Waals surface area contributed by atoms with Gasteiger partial charge in [0, 0.05) is 11.8 Å². The van der Waals surface area contributed by atoms with Crippen molar-refractivity contribution in [3.63, 3.8) is 0 Å². The molecule has 0 aliphatic carbocycles. The highest BCUT2D eigenvalue weighted by Crippen LogP contribution is 2.11. The maximum absolute atomic E-state index is 12.1. The van der Waals surface area contributed by atoms with Crippen LogP contribution in [0.15, 0.2) is 12.4 Å². The van der Waals surface area contributed by atoms with Gasteiger partial charge in [-0.1, -0.05) is 13.8 Å². The van der Waals surface area contributed by atoms with Crippen LogP contribution in [0.3, 0.4) is 0 Å². The number of aromatic amines is 1. The molecule has 0 radical (unpaired) electrons. The molecule has 0 saturated carbocycles. The van der Waals surface area contributed by atoms with Crippen LogP contribution in [-0.4, -0.2) is 28.2 Å². The number of hydrogen-bond acceptors (Lipinski definition) is 3. The molecule has 0 aromatic carbocycles. The van der Waals surface area contributed by atoms with Crippen molar-refractivity contribution in [1.29, 1.82) is 0 Å². The Morgan fingerprint density at radius 2 is 2.05 bits per heavy atom. The van der Waals surface area contributed by atoms with Gasteiger partial charge in [-0.25, -0.2) is 4.79 Å². The monoisotopic (exact) mass is 267 g/mol. The number of primary amides is 1. The van der Waals surface area contributed by atoms with Crippen molar-refractivity contribution in [1.82, 2.24) is 20.8 Å². The quantitative estimate of drug-likeness (QED) is 0.607. The van der Waals surface area contributed by atoms with Crippen molar-refractivity contribution in [2.75, 3.05) is 0 Å². The van der Waals surface area contributed by atoms with Crippen molar-refractivity contribution in [3.8, 4) is 0 Å². The third-order valence-electron chi connectivity index (χ3n) is 2.72. The third-order valence-corrected chi connectivity index (χ3v) is 2.72. The summed E-state index contributed by atoms with van der Waals surface area (Å²) in [5, 5.41) is 11.8. The minimum Gasteiger partial charge on any atom is -0.352 e. The smallest absolute Gasteiger partial charge is 0.312 e. The number of carbonyl (C=O) groups is 2. The van der Waals surface area contributed by atoms with Crippen LogP contribution in [0.2, 0.25) is 0 Å². The lowest BCUT2D eigenvalue weighted by Crippen LogP contribution is -2.49. The molecule has 5 N–H and O–H groups in total. The lowest BCUT2D eigenvalue weighted by molar-refractivity contribution is -0.123. The molecule has 19 heavy (non-hydrogen) atoms. The summed E-state index contributed by atoms with van der Waals surface area (Å²) in [5.41, 5.74) is 5.96. The second-order valence-corrected chi connectivity index (χ2v) is 4.95. The van der Waals surface area contributed by atoms with Crippen LogP contribution in [0.1, 0.15) is 38.8 Å². The van der Waals surface area contributed by atoms with Gasteiger partial charge in [-0.05, 0) is 19.3 Å².